The van der Waals surface area contributed by atoms with Gasteiger partial charge >= 0.3 is 5.97 Å². The average Bonchev–Trinajstić information content (AvgIpc) is 3.09. The molecule has 1 saturated heterocycles. The van der Waals surface area contributed by atoms with E-state index in [1.165, 1.54) is 0 Å². The first kappa shape index (κ1) is 13.3. The molecule has 18 heavy (non-hydrogen) atoms. The van der Waals surface area contributed by atoms with Crippen LogP contribution in [0.25, 0.3) is 0 Å². The van der Waals surface area contributed by atoms with Crippen LogP contribution in [-0.2, 0) is 14.3 Å². The van der Waals surface area contributed by atoms with Crippen molar-refractivity contribution in [3.05, 3.63) is 0 Å². The van der Waals surface area contributed by atoms with E-state index in [1.807, 2.05) is 6.92 Å². The zero-order chi connectivity index (χ0) is 13.3. The highest BCUT2D eigenvalue weighted by Gasteiger charge is 2.41. The van der Waals surface area contributed by atoms with Crippen LogP contribution >= 0.6 is 0 Å². The van der Waals surface area contributed by atoms with Gasteiger partial charge in [-0.25, -0.2) is 0 Å². The predicted molar refractivity (Wildman–Crippen MR) is 65.1 cm³/mol. The van der Waals surface area contributed by atoms with Gasteiger partial charge in [0.05, 0.1) is 12.5 Å². The maximum Gasteiger partial charge on any atom is 0.305 e. The Labute approximate surface area is 107 Å². The number of ether oxygens (including phenoxy) is 1. The number of methoxy groups -OCH3 is 1. The molecule has 102 valence electrons. The summed E-state index contributed by atoms with van der Waals surface area (Å²) in [5.41, 5.74) is 0. The number of carboxylic acid groups (broad SMARTS) is 1. The zero-order valence-corrected chi connectivity index (χ0v) is 11.0. The molecule has 1 saturated carbocycles. The van der Waals surface area contributed by atoms with Crippen molar-refractivity contribution in [3.63, 3.8) is 0 Å². The summed E-state index contributed by atoms with van der Waals surface area (Å²) in [6, 6.07) is -0.207. The van der Waals surface area contributed by atoms with Crippen molar-refractivity contribution in [1.29, 1.82) is 0 Å². The molecule has 2 rings (SSSR count). The molecule has 2 fully saturated rings. The van der Waals surface area contributed by atoms with Crippen molar-refractivity contribution in [2.24, 2.45) is 11.8 Å². The van der Waals surface area contributed by atoms with Crippen LogP contribution in [0.1, 0.15) is 32.6 Å². The lowest BCUT2D eigenvalue weighted by Crippen LogP contribution is -2.40. The summed E-state index contributed by atoms with van der Waals surface area (Å²) < 4.78 is 5.27. The van der Waals surface area contributed by atoms with E-state index in [0.29, 0.717) is 18.9 Å². The van der Waals surface area contributed by atoms with Crippen LogP contribution < -0.4 is 0 Å². The van der Waals surface area contributed by atoms with Crippen molar-refractivity contribution < 1.29 is 19.4 Å². The Kier molecular flexibility index (Phi) is 3.90. The van der Waals surface area contributed by atoms with Crippen LogP contribution in [0.4, 0.5) is 0 Å². The Balaban J connectivity index is 2.02. The second kappa shape index (κ2) is 5.26. The first-order chi connectivity index (χ1) is 8.52. The lowest BCUT2D eigenvalue weighted by Gasteiger charge is -2.26. The SMILES string of the molecule is COC1CC(CC(=O)O)N(C(=O)C(C)C2CC2)C1. The largest absolute Gasteiger partial charge is 0.481 e. The lowest BCUT2D eigenvalue weighted by molar-refractivity contribution is -0.141. The summed E-state index contributed by atoms with van der Waals surface area (Å²) in [7, 11) is 1.61. The highest BCUT2D eigenvalue weighted by atomic mass is 16.5. The molecule has 1 N–H and O–H groups in total. The van der Waals surface area contributed by atoms with E-state index >= 15 is 0 Å². The Morgan fingerprint density at radius 3 is 2.61 bits per heavy atom. The molecule has 0 spiro atoms. The fourth-order valence-corrected chi connectivity index (χ4v) is 2.77. The molecule has 5 nitrogen and oxygen atoms in total. The smallest absolute Gasteiger partial charge is 0.305 e. The number of carboxylic acids is 1. The molecule has 1 heterocycles. The van der Waals surface area contributed by atoms with Gasteiger partial charge in [-0.15, -0.1) is 0 Å². The molecule has 3 unspecified atom stereocenters. The maximum absolute atomic E-state index is 12.4. The van der Waals surface area contributed by atoms with Crippen LogP contribution in [0.15, 0.2) is 0 Å². The summed E-state index contributed by atoms with van der Waals surface area (Å²) in [6.07, 6.45) is 2.87. The third kappa shape index (κ3) is 2.83. The van der Waals surface area contributed by atoms with E-state index in [4.69, 9.17) is 9.84 Å². The molecule has 1 aliphatic heterocycles. The molecule has 0 aromatic heterocycles. The van der Waals surface area contributed by atoms with E-state index < -0.39 is 5.97 Å². The number of nitrogens with zero attached hydrogens (tertiary/aromatic N) is 1. The van der Waals surface area contributed by atoms with Crippen molar-refractivity contribution in [3.8, 4) is 0 Å². The summed E-state index contributed by atoms with van der Waals surface area (Å²) >= 11 is 0. The van der Waals surface area contributed by atoms with Crippen LogP contribution in [0, 0.1) is 11.8 Å². The van der Waals surface area contributed by atoms with E-state index in [1.54, 1.807) is 12.0 Å². The number of hydrogen-bond donors (Lipinski definition) is 1. The summed E-state index contributed by atoms with van der Waals surface area (Å²) in [5.74, 6) is -0.224. The van der Waals surface area contributed by atoms with Gasteiger partial charge in [0.2, 0.25) is 5.91 Å². The summed E-state index contributed by atoms with van der Waals surface area (Å²) in [4.78, 5) is 24.9. The number of carbonyl (C=O) groups is 2. The molecule has 0 aromatic rings. The van der Waals surface area contributed by atoms with Gasteiger partial charge in [-0.1, -0.05) is 6.92 Å². The van der Waals surface area contributed by atoms with Crippen LogP contribution in [0.2, 0.25) is 0 Å². The Morgan fingerprint density at radius 1 is 1.44 bits per heavy atom. The molecular formula is C13H21NO4. The predicted octanol–water partition coefficient (Wildman–Crippen LogP) is 1.12. The number of rotatable bonds is 5. The summed E-state index contributed by atoms with van der Waals surface area (Å²) in [6.45, 7) is 2.49. The minimum Gasteiger partial charge on any atom is -0.481 e. The molecule has 0 radical (unpaired) electrons. The molecule has 5 heteroatoms. The fourth-order valence-electron chi connectivity index (χ4n) is 2.77. The topological polar surface area (TPSA) is 66.8 Å². The highest BCUT2D eigenvalue weighted by Crippen LogP contribution is 2.38. The first-order valence-electron chi connectivity index (χ1n) is 6.58. The Morgan fingerprint density at radius 2 is 2.11 bits per heavy atom. The minimum absolute atomic E-state index is 0.0169. The van der Waals surface area contributed by atoms with Gasteiger partial charge in [0, 0.05) is 25.6 Å². The molecule has 0 bridgehead atoms. The molecule has 2 aliphatic rings. The van der Waals surface area contributed by atoms with Gasteiger partial charge < -0.3 is 14.7 Å². The van der Waals surface area contributed by atoms with Crippen molar-refractivity contribution in [2.45, 2.75) is 44.8 Å². The van der Waals surface area contributed by atoms with Gasteiger partial charge in [0.25, 0.3) is 0 Å². The standard InChI is InChI=1S/C13H21NO4/c1-8(9-3-4-9)13(17)14-7-11(18-2)5-10(14)6-12(15)16/h8-11H,3-7H2,1-2H3,(H,15,16). The van der Waals surface area contributed by atoms with E-state index in [9.17, 15) is 9.59 Å². The summed E-state index contributed by atoms with van der Waals surface area (Å²) in [5, 5.41) is 8.91. The third-order valence-corrected chi connectivity index (χ3v) is 4.12. The maximum atomic E-state index is 12.4. The van der Waals surface area contributed by atoms with Crippen molar-refractivity contribution in [1.82, 2.24) is 4.90 Å². The number of carbonyl (C=O) groups excluding carboxylic acids is 1. The van der Waals surface area contributed by atoms with E-state index in [2.05, 4.69) is 0 Å². The second-order valence-corrected chi connectivity index (χ2v) is 5.46. The van der Waals surface area contributed by atoms with Crippen molar-refractivity contribution in [2.75, 3.05) is 13.7 Å². The fraction of sp³-hybridized carbons (Fsp3) is 0.846. The first-order valence-corrected chi connectivity index (χ1v) is 6.58. The van der Waals surface area contributed by atoms with Crippen LogP contribution in [0.3, 0.4) is 0 Å². The lowest BCUT2D eigenvalue weighted by atomic mass is 10.0. The number of likely N-dealkylation sites (tertiary alicyclic amines) is 1. The zero-order valence-electron chi connectivity index (χ0n) is 11.0. The highest BCUT2D eigenvalue weighted by molar-refractivity contribution is 5.80. The van der Waals surface area contributed by atoms with Gasteiger partial charge in [0.1, 0.15) is 0 Å². The Hall–Kier alpha value is -1.10. The van der Waals surface area contributed by atoms with Gasteiger partial charge in [-0.2, -0.15) is 0 Å². The van der Waals surface area contributed by atoms with Gasteiger partial charge in [0.15, 0.2) is 0 Å². The number of aliphatic carboxylic acids is 1. The quantitative estimate of drug-likeness (QED) is 0.799. The molecular weight excluding hydrogens is 234 g/mol. The van der Waals surface area contributed by atoms with E-state index in [-0.39, 0.29) is 30.4 Å². The molecule has 0 aromatic carbocycles. The number of amides is 1. The molecule has 1 amide bonds. The monoisotopic (exact) mass is 255 g/mol. The minimum atomic E-state index is -0.853. The second-order valence-electron chi connectivity index (χ2n) is 5.46. The Bertz CT molecular complexity index is 340. The average molecular weight is 255 g/mol. The van der Waals surface area contributed by atoms with E-state index in [0.717, 1.165) is 12.8 Å². The van der Waals surface area contributed by atoms with Crippen molar-refractivity contribution >= 4 is 11.9 Å². The van der Waals surface area contributed by atoms with Gasteiger partial charge in [-0.3, -0.25) is 9.59 Å². The van der Waals surface area contributed by atoms with Crippen LogP contribution in [0.5, 0.6) is 0 Å². The van der Waals surface area contributed by atoms with Crippen LogP contribution in [-0.4, -0.2) is 47.7 Å². The van der Waals surface area contributed by atoms with Gasteiger partial charge in [-0.05, 0) is 25.2 Å². The normalized spacial score (nSPS) is 29.3. The molecule has 1 aliphatic carbocycles. The molecule has 3 atom stereocenters. The number of hydrogen-bond acceptors (Lipinski definition) is 3. The third-order valence-electron chi connectivity index (χ3n) is 4.12.